The van der Waals surface area contributed by atoms with Crippen molar-refractivity contribution in [2.45, 2.75) is 49.6 Å². The number of alkyl halides is 2. The van der Waals surface area contributed by atoms with Gasteiger partial charge in [0.1, 0.15) is 6.04 Å². The summed E-state index contributed by atoms with van der Waals surface area (Å²) in [5.74, 6) is -2.80. The Kier molecular flexibility index (Phi) is 2.45. The first-order valence-electron chi connectivity index (χ1n) is 5.20. The minimum Gasteiger partial charge on any atom is -0.468 e. The van der Waals surface area contributed by atoms with E-state index in [0.717, 1.165) is 0 Å². The molecule has 1 heterocycles. The summed E-state index contributed by atoms with van der Waals surface area (Å²) in [5, 5.41) is 3.08. The summed E-state index contributed by atoms with van der Waals surface area (Å²) in [6.07, 6.45) is 1.39. The minimum atomic E-state index is -2.51. The van der Waals surface area contributed by atoms with Gasteiger partial charge < -0.3 is 4.74 Å². The second-order valence-electron chi connectivity index (χ2n) is 4.56. The third kappa shape index (κ3) is 1.97. The van der Waals surface area contributed by atoms with Crippen molar-refractivity contribution in [2.24, 2.45) is 0 Å². The summed E-state index contributed by atoms with van der Waals surface area (Å²) in [6, 6.07) is -0.290. The van der Waals surface area contributed by atoms with Gasteiger partial charge in [-0.05, 0) is 19.3 Å². The Morgan fingerprint density at radius 2 is 1.87 bits per heavy atom. The average molecular weight is 219 g/mol. The Morgan fingerprint density at radius 1 is 1.33 bits per heavy atom. The summed E-state index contributed by atoms with van der Waals surface area (Å²) in [6.45, 7) is 0. The number of ether oxygens (including phenoxy) is 1. The molecule has 86 valence electrons. The number of hydrogen-bond acceptors (Lipinski definition) is 3. The lowest BCUT2D eigenvalue weighted by atomic mass is 9.70. The SMILES string of the molecule is COC(=O)C1CC2(CCC(F)(F)CC2)N1. The van der Waals surface area contributed by atoms with Crippen LogP contribution in [0.2, 0.25) is 0 Å². The van der Waals surface area contributed by atoms with Crippen LogP contribution in [0.1, 0.15) is 32.1 Å². The van der Waals surface area contributed by atoms with Crippen LogP contribution < -0.4 is 5.32 Å². The fraction of sp³-hybridized carbons (Fsp3) is 0.900. The van der Waals surface area contributed by atoms with E-state index in [1.807, 2.05) is 0 Å². The van der Waals surface area contributed by atoms with Gasteiger partial charge >= 0.3 is 5.97 Å². The highest BCUT2D eigenvalue weighted by Gasteiger charge is 2.52. The number of carbonyl (C=O) groups is 1. The Hall–Kier alpha value is -0.710. The molecule has 0 aromatic rings. The topological polar surface area (TPSA) is 38.3 Å². The molecule has 0 aromatic carbocycles. The van der Waals surface area contributed by atoms with Crippen LogP contribution in [0.5, 0.6) is 0 Å². The van der Waals surface area contributed by atoms with Gasteiger partial charge in [0.2, 0.25) is 5.92 Å². The predicted octanol–water partition coefficient (Wildman–Crippen LogP) is 1.47. The number of halogens is 2. The molecule has 2 rings (SSSR count). The highest BCUT2D eigenvalue weighted by Crippen LogP contribution is 2.44. The van der Waals surface area contributed by atoms with Crippen LogP contribution in [0, 0.1) is 0 Å². The third-order valence-corrected chi connectivity index (χ3v) is 3.50. The molecule has 15 heavy (non-hydrogen) atoms. The molecule has 5 heteroatoms. The molecule has 1 atom stereocenters. The van der Waals surface area contributed by atoms with Crippen molar-refractivity contribution in [3.8, 4) is 0 Å². The van der Waals surface area contributed by atoms with E-state index in [2.05, 4.69) is 10.1 Å². The lowest BCUT2D eigenvalue weighted by molar-refractivity contribution is -0.150. The molecule has 1 unspecified atom stereocenters. The maximum Gasteiger partial charge on any atom is 0.322 e. The number of nitrogens with one attached hydrogen (secondary N) is 1. The zero-order valence-electron chi connectivity index (χ0n) is 8.69. The van der Waals surface area contributed by atoms with Crippen molar-refractivity contribution in [3.05, 3.63) is 0 Å². The molecular weight excluding hydrogens is 204 g/mol. The van der Waals surface area contributed by atoms with Gasteiger partial charge in [-0.2, -0.15) is 0 Å². The average Bonchev–Trinajstić information content (AvgIpc) is 2.14. The normalized spacial score (nSPS) is 32.1. The second kappa shape index (κ2) is 3.40. The van der Waals surface area contributed by atoms with Crippen molar-refractivity contribution in [2.75, 3.05) is 7.11 Å². The molecule has 0 bridgehead atoms. The van der Waals surface area contributed by atoms with E-state index in [1.54, 1.807) is 0 Å². The van der Waals surface area contributed by atoms with Gasteiger partial charge in [-0.1, -0.05) is 0 Å². The minimum absolute atomic E-state index is 0.0755. The molecule has 1 saturated carbocycles. The van der Waals surface area contributed by atoms with E-state index >= 15 is 0 Å². The van der Waals surface area contributed by atoms with Crippen LogP contribution in [-0.2, 0) is 9.53 Å². The first-order chi connectivity index (χ1) is 6.96. The maximum atomic E-state index is 12.9. The van der Waals surface area contributed by atoms with Crippen LogP contribution in [0.15, 0.2) is 0 Å². The summed E-state index contributed by atoms with van der Waals surface area (Å²) in [5.41, 5.74) is -0.222. The van der Waals surface area contributed by atoms with E-state index < -0.39 is 5.92 Å². The van der Waals surface area contributed by atoms with E-state index in [1.165, 1.54) is 7.11 Å². The summed E-state index contributed by atoms with van der Waals surface area (Å²) < 4.78 is 30.4. The molecule has 2 aliphatic rings. The number of carbonyl (C=O) groups excluding carboxylic acids is 1. The second-order valence-corrected chi connectivity index (χ2v) is 4.56. The highest BCUT2D eigenvalue weighted by molar-refractivity contribution is 5.77. The molecule has 1 aliphatic heterocycles. The number of methoxy groups -OCH3 is 1. The number of hydrogen-bond donors (Lipinski definition) is 1. The van der Waals surface area contributed by atoms with Gasteiger partial charge in [-0.25, -0.2) is 8.78 Å². The lowest BCUT2D eigenvalue weighted by Gasteiger charge is -2.51. The Bertz CT molecular complexity index is 263. The smallest absolute Gasteiger partial charge is 0.322 e. The van der Waals surface area contributed by atoms with Gasteiger partial charge in [0.05, 0.1) is 7.11 Å². The molecule has 1 spiro atoms. The Labute approximate surface area is 87.2 Å². The maximum absolute atomic E-state index is 12.9. The Balaban J connectivity index is 1.86. The summed E-state index contributed by atoms with van der Waals surface area (Å²) in [7, 11) is 1.34. The molecule has 3 nitrogen and oxygen atoms in total. The standard InChI is InChI=1S/C10H15F2NO2/c1-15-8(14)7-6-9(13-7)2-4-10(11,12)5-3-9/h7,13H,2-6H2,1H3. The fourth-order valence-electron chi connectivity index (χ4n) is 2.47. The lowest BCUT2D eigenvalue weighted by Crippen LogP contribution is -2.68. The van der Waals surface area contributed by atoms with Crippen molar-refractivity contribution in [1.82, 2.24) is 5.32 Å². The van der Waals surface area contributed by atoms with Gasteiger partial charge in [-0.3, -0.25) is 10.1 Å². The van der Waals surface area contributed by atoms with E-state index in [9.17, 15) is 13.6 Å². The number of esters is 1. The largest absolute Gasteiger partial charge is 0.468 e. The van der Waals surface area contributed by atoms with Crippen molar-refractivity contribution in [1.29, 1.82) is 0 Å². The summed E-state index contributed by atoms with van der Waals surface area (Å²) in [4.78, 5) is 11.1. The first kappa shape index (κ1) is 10.8. The van der Waals surface area contributed by atoms with Crippen molar-refractivity contribution in [3.63, 3.8) is 0 Å². The molecule has 1 N–H and O–H groups in total. The molecule has 2 fully saturated rings. The van der Waals surface area contributed by atoms with Crippen LogP contribution >= 0.6 is 0 Å². The molecule has 1 aliphatic carbocycles. The van der Waals surface area contributed by atoms with Crippen LogP contribution in [0.3, 0.4) is 0 Å². The Morgan fingerprint density at radius 3 is 2.33 bits per heavy atom. The zero-order chi connectivity index (χ0) is 11.1. The molecular formula is C10H15F2NO2. The molecule has 1 saturated heterocycles. The summed E-state index contributed by atoms with van der Waals surface area (Å²) >= 11 is 0. The van der Waals surface area contributed by atoms with Crippen molar-refractivity contribution < 1.29 is 18.3 Å². The molecule has 0 radical (unpaired) electrons. The zero-order valence-corrected chi connectivity index (χ0v) is 8.69. The van der Waals surface area contributed by atoms with E-state index in [-0.39, 0.29) is 30.4 Å². The molecule has 0 amide bonds. The van der Waals surface area contributed by atoms with E-state index in [0.29, 0.717) is 19.3 Å². The quantitative estimate of drug-likeness (QED) is 0.679. The fourth-order valence-corrected chi connectivity index (χ4v) is 2.47. The number of rotatable bonds is 1. The van der Waals surface area contributed by atoms with Gasteiger partial charge in [0, 0.05) is 18.4 Å². The van der Waals surface area contributed by atoms with Gasteiger partial charge in [0.15, 0.2) is 0 Å². The third-order valence-electron chi connectivity index (χ3n) is 3.50. The first-order valence-corrected chi connectivity index (χ1v) is 5.20. The molecule has 0 aromatic heterocycles. The van der Waals surface area contributed by atoms with Crippen molar-refractivity contribution >= 4 is 5.97 Å². The highest BCUT2D eigenvalue weighted by atomic mass is 19.3. The van der Waals surface area contributed by atoms with Crippen LogP contribution in [-0.4, -0.2) is 30.6 Å². The van der Waals surface area contributed by atoms with Gasteiger partial charge in [-0.15, -0.1) is 0 Å². The van der Waals surface area contributed by atoms with Crippen LogP contribution in [0.4, 0.5) is 8.78 Å². The van der Waals surface area contributed by atoms with Gasteiger partial charge in [0.25, 0.3) is 0 Å². The predicted molar refractivity (Wildman–Crippen MR) is 49.7 cm³/mol. The monoisotopic (exact) mass is 219 g/mol. The van der Waals surface area contributed by atoms with Crippen LogP contribution in [0.25, 0.3) is 0 Å². The van der Waals surface area contributed by atoms with E-state index in [4.69, 9.17) is 0 Å².